The van der Waals surface area contributed by atoms with E-state index in [0.29, 0.717) is 23.4 Å². The van der Waals surface area contributed by atoms with Gasteiger partial charge in [-0.2, -0.15) is 0 Å². The number of carbonyl (C=O) groups is 3. The van der Waals surface area contributed by atoms with E-state index in [2.05, 4.69) is 10.6 Å². The zero-order valence-electron chi connectivity index (χ0n) is 15.6. The zero-order chi connectivity index (χ0) is 19.8. The fraction of sp³-hybridized carbons (Fsp3) is 0.250. The van der Waals surface area contributed by atoms with Crippen LogP contribution in [0.15, 0.2) is 48.5 Å². The van der Waals surface area contributed by atoms with Crippen LogP contribution in [0.2, 0.25) is 0 Å². The third kappa shape index (κ3) is 5.85. The van der Waals surface area contributed by atoms with Gasteiger partial charge in [0.1, 0.15) is 0 Å². The highest BCUT2D eigenvalue weighted by molar-refractivity contribution is 5.98. The van der Waals surface area contributed by atoms with Crippen LogP contribution in [0.4, 0.5) is 11.4 Å². The molecule has 0 saturated heterocycles. The summed E-state index contributed by atoms with van der Waals surface area (Å²) in [6, 6.07) is 13.5. The molecule has 0 radical (unpaired) electrons. The van der Waals surface area contributed by atoms with E-state index in [0.717, 1.165) is 5.69 Å². The first-order valence-corrected chi connectivity index (χ1v) is 8.53. The van der Waals surface area contributed by atoms with Crippen molar-refractivity contribution in [3.63, 3.8) is 0 Å². The molecule has 2 N–H and O–H groups in total. The second-order valence-corrected chi connectivity index (χ2v) is 6.01. The molecule has 0 bridgehead atoms. The maximum atomic E-state index is 12.1. The SMILES string of the molecule is CCNC(=O)c1cccc(NC(=O)COC(=O)c2cccc(N(C)C)c2)c1. The summed E-state index contributed by atoms with van der Waals surface area (Å²) in [5.41, 5.74) is 2.12. The van der Waals surface area contributed by atoms with Gasteiger partial charge >= 0.3 is 5.97 Å². The number of rotatable bonds is 7. The third-order valence-corrected chi connectivity index (χ3v) is 3.68. The maximum absolute atomic E-state index is 12.1. The molecule has 0 aliphatic heterocycles. The summed E-state index contributed by atoms with van der Waals surface area (Å²) < 4.78 is 5.06. The van der Waals surface area contributed by atoms with Crippen molar-refractivity contribution >= 4 is 29.2 Å². The standard InChI is InChI=1S/C20H23N3O4/c1-4-21-19(25)14-7-5-9-16(11-14)22-18(24)13-27-20(26)15-8-6-10-17(12-15)23(2)3/h5-12H,4,13H2,1-3H3,(H,21,25)(H,22,24). The average molecular weight is 369 g/mol. The van der Waals surface area contributed by atoms with Crippen LogP contribution in [0, 0.1) is 0 Å². The highest BCUT2D eigenvalue weighted by atomic mass is 16.5. The fourth-order valence-corrected chi connectivity index (χ4v) is 2.32. The van der Waals surface area contributed by atoms with Crippen LogP contribution < -0.4 is 15.5 Å². The van der Waals surface area contributed by atoms with Crippen LogP contribution in [-0.4, -0.2) is 45.0 Å². The zero-order valence-corrected chi connectivity index (χ0v) is 15.6. The molecule has 142 valence electrons. The summed E-state index contributed by atoms with van der Waals surface area (Å²) in [6.45, 7) is 1.92. The first-order valence-electron chi connectivity index (χ1n) is 8.53. The van der Waals surface area contributed by atoms with E-state index in [-0.39, 0.29) is 5.91 Å². The quantitative estimate of drug-likeness (QED) is 0.731. The van der Waals surface area contributed by atoms with Crippen molar-refractivity contribution in [3.8, 4) is 0 Å². The Hall–Kier alpha value is -3.35. The van der Waals surface area contributed by atoms with E-state index < -0.39 is 18.5 Å². The second kappa shape index (κ2) is 9.38. The van der Waals surface area contributed by atoms with Gasteiger partial charge in [-0.15, -0.1) is 0 Å². The molecule has 0 aliphatic carbocycles. The summed E-state index contributed by atoms with van der Waals surface area (Å²) in [6.07, 6.45) is 0. The molecule has 0 spiro atoms. The molecule has 2 aromatic rings. The van der Waals surface area contributed by atoms with Crippen molar-refractivity contribution in [2.24, 2.45) is 0 Å². The van der Waals surface area contributed by atoms with Gasteiger partial charge in [0.15, 0.2) is 6.61 Å². The molecule has 0 aliphatic rings. The predicted molar refractivity (Wildman–Crippen MR) is 104 cm³/mol. The second-order valence-electron chi connectivity index (χ2n) is 6.01. The Morgan fingerprint density at radius 3 is 2.41 bits per heavy atom. The minimum atomic E-state index is -0.579. The Morgan fingerprint density at radius 1 is 1.00 bits per heavy atom. The molecule has 2 amide bonds. The minimum Gasteiger partial charge on any atom is -0.452 e. The molecule has 2 aromatic carbocycles. The summed E-state index contributed by atoms with van der Waals surface area (Å²) in [5.74, 6) is -1.29. The Labute approximate surface area is 158 Å². The van der Waals surface area contributed by atoms with Crippen LogP contribution in [0.5, 0.6) is 0 Å². The lowest BCUT2D eigenvalue weighted by molar-refractivity contribution is -0.119. The molecular formula is C20H23N3O4. The minimum absolute atomic E-state index is 0.221. The van der Waals surface area contributed by atoms with Crippen molar-refractivity contribution in [1.82, 2.24) is 5.32 Å². The number of nitrogens with one attached hydrogen (secondary N) is 2. The van der Waals surface area contributed by atoms with E-state index in [1.54, 1.807) is 42.5 Å². The highest BCUT2D eigenvalue weighted by Crippen LogP contribution is 2.14. The van der Waals surface area contributed by atoms with Crippen molar-refractivity contribution in [2.45, 2.75) is 6.92 Å². The largest absolute Gasteiger partial charge is 0.452 e. The number of nitrogens with zero attached hydrogens (tertiary/aromatic N) is 1. The third-order valence-electron chi connectivity index (χ3n) is 3.68. The first-order chi connectivity index (χ1) is 12.9. The Kier molecular flexibility index (Phi) is 6.93. The smallest absolute Gasteiger partial charge is 0.338 e. The molecule has 0 heterocycles. The number of hydrogen-bond donors (Lipinski definition) is 2. The van der Waals surface area contributed by atoms with E-state index >= 15 is 0 Å². The summed E-state index contributed by atoms with van der Waals surface area (Å²) >= 11 is 0. The molecule has 7 heteroatoms. The molecule has 0 fully saturated rings. The fourth-order valence-electron chi connectivity index (χ4n) is 2.32. The van der Waals surface area contributed by atoms with Crippen LogP contribution in [0.3, 0.4) is 0 Å². The van der Waals surface area contributed by atoms with Crippen LogP contribution in [0.25, 0.3) is 0 Å². The highest BCUT2D eigenvalue weighted by Gasteiger charge is 2.12. The van der Waals surface area contributed by atoms with Crippen molar-refractivity contribution < 1.29 is 19.1 Å². The van der Waals surface area contributed by atoms with Gasteiger partial charge in [0.25, 0.3) is 11.8 Å². The molecule has 0 aromatic heterocycles. The molecule has 0 atom stereocenters. The van der Waals surface area contributed by atoms with E-state index in [4.69, 9.17) is 4.74 Å². The monoisotopic (exact) mass is 369 g/mol. The van der Waals surface area contributed by atoms with Crippen LogP contribution in [0.1, 0.15) is 27.6 Å². The van der Waals surface area contributed by atoms with Crippen molar-refractivity contribution in [3.05, 3.63) is 59.7 Å². The number of amides is 2. The average Bonchev–Trinajstić information content (AvgIpc) is 2.66. The van der Waals surface area contributed by atoms with Gasteiger partial charge in [-0.1, -0.05) is 12.1 Å². The van der Waals surface area contributed by atoms with Gasteiger partial charge in [-0.05, 0) is 43.3 Å². The van der Waals surface area contributed by atoms with Crippen molar-refractivity contribution in [2.75, 3.05) is 37.5 Å². The lowest BCUT2D eigenvalue weighted by atomic mass is 10.2. The number of esters is 1. The first kappa shape index (κ1) is 20.0. The van der Waals surface area contributed by atoms with Crippen LogP contribution >= 0.6 is 0 Å². The molecule has 0 saturated carbocycles. The Bertz CT molecular complexity index is 833. The molecule has 2 rings (SSSR count). The predicted octanol–water partition coefficient (Wildman–Crippen LogP) is 2.30. The molecular weight excluding hydrogens is 346 g/mol. The topological polar surface area (TPSA) is 87.7 Å². The number of hydrogen-bond acceptors (Lipinski definition) is 5. The number of benzene rings is 2. The van der Waals surface area contributed by atoms with Gasteiger partial charge in [0.2, 0.25) is 0 Å². The molecule has 7 nitrogen and oxygen atoms in total. The number of anilines is 2. The van der Waals surface area contributed by atoms with Gasteiger partial charge in [0, 0.05) is 37.6 Å². The lowest BCUT2D eigenvalue weighted by Gasteiger charge is -2.13. The van der Waals surface area contributed by atoms with Gasteiger partial charge in [0.05, 0.1) is 5.56 Å². The number of carbonyl (C=O) groups excluding carboxylic acids is 3. The summed E-state index contributed by atoms with van der Waals surface area (Å²) in [7, 11) is 3.74. The Balaban J connectivity index is 1.93. The molecule has 27 heavy (non-hydrogen) atoms. The van der Waals surface area contributed by atoms with E-state index in [1.165, 1.54) is 0 Å². The Morgan fingerprint density at radius 2 is 1.70 bits per heavy atom. The van der Waals surface area contributed by atoms with Crippen LogP contribution in [-0.2, 0) is 9.53 Å². The van der Waals surface area contributed by atoms with E-state index in [1.807, 2.05) is 32.0 Å². The number of ether oxygens (including phenoxy) is 1. The normalized spacial score (nSPS) is 10.0. The van der Waals surface area contributed by atoms with Gasteiger partial charge in [-0.25, -0.2) is 4.79 Å². The van der Waals surface area contributed by atoms with E-state index in [9.17, 15) is 14.4 Å². The maximum Gasteiger partial charge on any atom is 0.338 e. The lowest BCUT2D eigenvalue weighted by Crippen LogP contribution is -2.23. The van der Waals surface area contributed by atoms with Gasteiger partial charge in [-0.3, -0.25) is 9.59 Å². The van der Waals surface area contributed by atoms with Gasteiger partial charge < -0.3 is 20.3 Å². The molecule has 0 unspecified atom stereocenters. The summed E-state index contributed by atoms with van der Waals surface area (Å²) in [4.78, 5) is 37.9. The van der Waals surface area contributed by atoms with Crippen molar-refractivity contribution in [1.29, 1.82) is 0 Å². The summed E-state index contributed by atoms with van der Waals surface area (Å²) in [5, 5.41) is 5.30.